The minimum atomic E-state index is -0.370. The first-order valence-electron chi connectivity index (χ1n) is 8.52. The molecule has 1 aliphatic carbocycles. The lowest BCUT2D eigenvalue weighted by atomic mass is 10.1. The molecular weight excluding hydrogens is 324 g/mol. The van der Waals surface area contributed by atoms with Gasteiger partial charge in [0.15, 0.2) is 0 Å². The summed E-state index contributed by atoms with van der Waals surface area (Å²) in [5, 5.41) is 8.64. The van der Waals surface area contributed by atoms with E-state index in [1.54, 1.807) is 18.2 Å². The number of imide groups is 1. The zero-order valence-corrected chi connectivity index (χ0v) is 13.7. The molecule has 1 saturated heterocycles. The third-order valence-electron chi connectivity index (χ3n) is 4.58. The predicted octanol–water partition coefficient (Wildman–Crippen LogP) is 0.555. The Morgan fingerprint density at radius 2 is 2.04 bits per heavy atom. The molecule has 2 aliphatic heterocycles. The van der Waals surface area contributed by atoms with Crippen LogP contribution < -0.4 is 16.0 Å². The molecule has 3 N–H and O–H groups in total. The highest BCUT2D eigenvalue weighted by Gasteiger charge is 2.44. The third kappa shape index (κ3) is 3.22. The number of nitrogens with zero attached hydrogens (tertiary/aromatic N) is 1. The van der Waals surface area contributed by atoms with Gasteiger partial charge in [-0.3, -0.25) is 14.5 Å². The third-order valence-corrected chi connectivity index (χ3v) is 4.58. The molecule has 2 heterocycles. The molecule has 8 nitrogen and oxygen atoms in total. The normalized spacial score (nSPS) is 22.7. The maximum absolute atomic E-state index is 12.4. The average molecular weight is 344 g/mol. The van der Waals surface area contributed by atoms with Gasteiger partial charge in [0.25, 0.3) is 11.8 Å². The van der Waals surface area contributed by atoms with Gasteiger partial charge < -0.3 is 20.7 Å². The number of fused-ring (bicyclic) bond motifs is 1. The first-order valence-corrected chi connectivity index (χ1v) is 8.52. The summed E-state index contributed by atoms with van der Waals surface area (Å²) in [6.45, 7) is 2.55. The second-order valence-corrected chi connectivity index (χ2v) is 6.50. The SMILES string of the molecule is O=C(NCC1CNCCO1)Nc1ccc2c(c1)C(=O)N(C1CC1)C2=O. The van der Waals surface area contributed by atoms with Crippen LogP contribution in [-0.2, 0) is 4.74 Å². The number of amides is 4. The predicted molar refractivity (Wildman–Crippen MR) is 89.6 cm³/mol. The first kappa shape index (κ1) is 16.0. The number of hydrogen-bond donors (Lipinski definition) is 3. The fourth-order valence-electron chi connectivity index (χ4n) is 3.13. The summed E-state index contributed by atoms with van der Waals surface area (Å²) < 4.78 is 5.51. The van der Waals surface area contributed by atoms with Crippen LogP contribution in [0.15, 0.2) is 18.2 Å². The molecular formula is C17H20N4O4. The molecule has 0 aromatic heterocycles. The summed E-state index contributed by atoms with van der Waals surface area (Å²) in [6, 6.07) is 4.47. The van der Waals surface area contributed by atoms with Crippen molar-refractivity contribution in [2.24, 2.45) is 0 Å². The molecule has 1 saturated carbocycles. The molecule has 1 aromatic rings. The minimum Gasteiger partial charge on any atom is -0.374 e. The van der Waals surface area contributed by atoms with E-state index in [-0.39, 0.29) is 30.0 Å². The monoisotopic (exact) mass is 344 g/mol. The van der Waals surface area contributed by atoms with Crippen LogP contribution >= 0.6 is 0 Å². The Balaban J connectivity index is 1.38. The Morgan fingerprint density at radius 1 is 1.24 bits per heavy atom. The molecule has 0 spiro atoms. The summed E-state index contributed by atoms with van der Waals surface area (Å²) in [5.41, 5.74) is 1.25. The van der Waals surface area contributed by atoms with Gasteiger partial charge in [-0.2, -0.15) is 0 Å². The Kier molecular flexibility index (Phi) is 4.14. The molecule has 3 aliphatic rings. The van der Waals surface area contributed by atoms with Crippen LogP contribution in [0.4, 0.5) is 10.5 Å². The van der Waals surface area contributed by atoms with Crippen molar-refractivity contribution in [1.82, 2.24) is 15.5 Å². The number of anilines is 1. The van der Waals surface area contributed by atoms with Crippen molar-refractivity contribution in [2.45, 2.75) is 25.0 Å². The van der Waals surface area contributed by atoms with Crippen molar-refractivity contribution in [3.05, 3.63) is 29.3 Å². The van der Waals surface area contributed by atoms with Gasteiger partial charge >= 0.3 is 6.03 Å². The largest absolute Gasteiger partial charge is 0.374 e. The summed E-state index contributed by atoms with van der Waals surface area (Å²) >= 11 is 0. The van der Waals surface area contributed by atoms with E-state index in [0.717, 1.165) is 19.4 Å². The van der Waals surface area contributed by atoms with Gasteiger partial charge in [0.1, 0.15) is 0 Å². The fraction of sp³-hybridized carbons (Fsp3) is 0.471. The number of carbonyl (C=O) groups excluding carboxylic acids is 3. The van der Waals surface area contributed by atoms with Crippen LogP contribution in [0.25, 0.3) is 0 Å². The summed E-state index contributed by atoms with van der Waals surface area (Å²) in [4.78, 5) is 38.1. The van der Waals surface area contributed by atoms with E-state index in [1.165, 1.54) is 4.90 Å². The molecule has 25 heavy (non-hydrogen) atoms. The van der Waals surface area contributed by atoms with E-state index < -0.39 is 0 Å². The fourth-order valence-corrected chi connectivity index (χ4v) is 3.13. The highest BCUT2D eigenvalue weighted by molar-refractivity contribution is 6.22. The standard InChI is InChI=1S/C17H20N4O4/c22-15-13-4-1-10(7-14(13)16(23)21(15)11-2-3-11)20-17(24)19-9-12-8-18-5-6-25-12/h1,4,7,11-12,18H,2-3,5-6,8-9H2,(H2,19,20,24). The Hall–Kier alpha value is -2.45. The van der Waals surface area contributed by atoms with E-state index in [2.05, 4.69) is 16.0 Å². The maximum Gasteiger partial charge on any atom is 0.319 e. The van der Waals surface area contributed by atoms with Crippen LogP contribution in [0.1, 0.15) is 33.6 Å². The van der Waals surface area contributed by atoms with E-state index in [4.69, 9.17) is 4.74 Å². The van der Waals surface area contributed by atoms with E-state index in [9.17, 15) is 14.4 Å². The van der Waals surface area contributed by atoms with E-state index in [1.807, 2.05) is 0 Å². The molecule has 1 aromatic carbocycles. The van der Waals surface area contributed by atoms with Gasteiger partial charge in [0.2, 0.25) is 0 Å². The minimum absolute atomic E-state index is 0.0382. The second-order valence-electron chi connectivity index (χ2n) is 6.50. The van der Waals surface area contributed by atoms with Crippen LogP contribution in [0.3, 0.4) is 0 Å². The van der Waals surface area contributed by atoms with Crippen molar-refractivity contribution >= 4 is 23.5 Å². The summed E-state index contributed by atoms with van der Waals surface area (Å²) in [7, 11) is 0. The van der Waals surface area contributed by atoms with Crippen molar-refractivity contribution in [3.63, 3.8) is 0 Å². The molecule has 1 unspecified atom stereocenters. The number of ether oxygens (including phenoxy) is 1. The number of urea groups is 1. The van der Waals surface area contributed by atoms with Gasteiger partial charge in [-0.1, -0.05) is 0 Å². The highest BCUT2D eigenvalue weighted by atomic mass is 16.5. The molecule has 8 heteroatoms. The highest BCUT2D eigenvalue weighted by Crippen LogP contribution is 2.35. The molecule has 2 fully saturated rings. The van der Waals surface area contributed by atoms with Crippen LogP contribution in [0.5, 0.6) is 0 Å². The molecule has 4 rings (SSSR count). The molecule has 0 bridgehead atoms. The molecule has 1 atom stereocenters. The zero-order chi connectivity index (χ0) is 17.4. The van der Waals surface area contributed by atoms with E-state index >= 15 is 0 Å². The zero-order valence-electron chi connectivity index (χ0n) is 13.7. The summed E-state index contributed by atoms with van der Waals surface area (Å²) in [6.07, 6.45) is 1.69. The first-order chi connectivity index (χ1) is 12.1. The lowest BCUT2D eigenvalue weighted by Crippen LogP contribution is -2.46. The number of hydrogen-bond acceptors (Lipinski definition) is 5. The molecule has 0 radical (unpaired) electrons. The van der Waals surface area contributed by atoms with Gasteiger partial charge in [0, 0.05) is 31.4 Å². The van der Waals surface area contributed by atoms with Crippen LogP contribution in [0.2, 0.25) is 0 Å². The Morgan fingerprint density at radius 3 is 2.76 bits per heavy atom. The lowest BCUT2D eigenvalue weighted by Gasteiger charge is -2.23. The summed E-state index contributed by atoms with van der Waals surface area (Å²) in [5.74, 6) is -0.506. The van der Waals surface area contributed by atoms with Gasteiger partial charge in [-0.25, -0.2) is 4.79 Å². The van der Waals surface area contributed by atoms with Gasteiger partial charge in [0.05, 0.1) is 23.8 Å². The molecule has 132 valence electrons. The van der Waals surface area contributed by atoms with Crippen molar-refractivity contribution < 1.29 is 19.1 Å². The van der Waals surface area contributed by atoms with Crippen molar-refractivity contribution in [1.29, 1.82) is 0 Å². The van der Waals surface area contributed by atoms with E-state index in [0.29, 0.717) is 36.5 Å². The Bertz CT molecular complexity index is 725. The number of carbonyl (C=O) groups is 3. The second kappa shape index (κ2) is 6.45. The smallest absolute Gasteiger partial charge is 0.319 e. The lowest BCUT2D eigenvalue weighted by molar-refractivity contribution is 0.0310. The van der Waals surface area contributed by atoms with Crippen LogP contribution in [-0.4, -0.2) is 61.1 Å². The van der Waals surface area contributed by atoms with Crippen molar-refractivity contribution in [2.75, 3.05) is 31.6 Å². The topological polar surface area (TPSA) is 99.8 Å². The number of benzene rings is 1. The van der Waals surface area contributed by atoms with Crippen LogP contribution in [0, 0.1) is 0 Å². The van der Waals surface area contributed by atoms with Gasteiger partial charge in [-0.05, 0) is 31.0 Å². The van der Waals surface area contributed by atoms with Crippen molar-refractivity contribution in [3.8, 4) is 0 Å². The molecule has 4 amide bonds. The quantitative estimate of drug-likeness (QED) is 0.693. The number of morpholine rings is 1. The van der Waals surface area contributed by atoms with Gasteiger partial charge in [-0.15, -0.1) is 0 Å². The number of nitrogens with one attached hydrogen (secondary N) is 3. The number of rotatable bonds is 4. The Labute approximate surface area is 144 Å². The average Bonchev–Trinajstić information content (AvgIpc) is 3.42. The maximum atomic E-state index is 12.4.